The predicted molar refractivity (Wildman–Crippen MR) is 101 cm³/mol. The normalized spacial score (nSPS) is 29.9. The minimum Gasteiger partial charge on any atom is -0.489 e. The maximum absolute atomic E-state index is 12.5. The molecule has 2 fully saturated rings. The second-order valence-corrected chi connectivity index (χ2v) is 10.0. The third-order valence-electron chi connectivity index (χ3n) is 5.75. The molecule has 2 aromatic carbocycles. The molecule has 0 saturated carbocycles. The van der Waals surface area contributed by atoms with E-state index in [0.717, 1.165) is 23.3 Å². The van der Waals surface area contributed by atoms with Gasteiger partial charge < -0.3 is 9.84 Å². The van der Waals surface area contributed by atoms with Gasteiger partial charge in [0, 0.05) is 0 Å². The summed E-state index contributed by atoms with van der Waals surface area (Å²) in [5, 5.41) is 10.4. The van der Waals surface area contributed by atoms with Gasteiger partial charge in [-0.1, -0.05) is 48.9 Å². The highest BCUT2D eigenvalue weighted by Gasteiger charge is 2.50. The molecule has 2 unspecified atom stereocenters. The lowest BCUT2D eigenvalue weighted by Crippen LogP contribution is -2.50. The monoisotopic (exact) mass is 372 g/mol. The summed E-state index contributed by atoms with van der Waals surface area (Å²) in [5.41, 5.74) is 0.829. The minimum atomic E-state index is -3.08. The molecule has 0 radical (unpaired) electrons. The van der Waals surface area contributed by atoms with Crippen LogP contribution >= 0.6 is 0 Å². The van der Waals surface area contributed by atoms with E-state index >= 15 is 0 Å². The van der Waals surface area contributed by atoms with Crippen molar-refractivity contribution in [2.24, 2.45) is 0 Å². The van der Waals surface area contributed by atoms with Crippen LogP contribution in [0.4, 0.5) is 0 Å². The fourth-order valence-corrected chi connectivity index (χ4v) is 6.84. The second-order valence-electron chi connectivity index (χ2n) is 7.50. The van der Waals surface area contributed by atoms with E-state index in [1.807, 2.05) is 54.6 Å². The van der Waals surface area contributed by atoms with Crippen LogP contribution in [0.25, 0.3) is 0 Å². The van der Waals surface area contributed by atoms with Crippen LogP contribution in [0.5, 0.6) is 5.75 Å². The highest BCUT2D eigenvalue weighted by atomic mass is 32.2. The summed E-state index contributed by atoms with van der Waals surface area (Å²) in [5.74, 6) is 0.741. The van der Waals surface area contributed by atoms with Crippen LogP contribution in [0.15, 0.2) is 54.6 Å². The predicted octanol–water partition coefficient (Wildman–Crippen LogP) is 3.58. The number of aliphatic hydroxyl groups is 1. The van der Waals surface area contributed by atoms with Crippen molar-refractivity contribution >= 4 is 9.84 Å². The molecule has 138 valence electrons. The van der Waals surface area contributed by atoms with Gasteiger partial charge in [-0.2, -0.15) is 0 Å². The van der Waals surface area contributed by atoms with Crippen molar-refractivity contribution in [3.63, 3.8) is 0 Å². The highest BCUT2D eigenvalue weighted by molar-refractivity contribution is 7.92. The average Bonchev–Trinajstić information content (AvgIpc) is 2.63. The molecule has 5 heteroatoms. The molecule has 2 heterocycles. The molecular weight excluding hydrogens is 348 g/mol. The Kier molecular flexibility index (Phi) is 4.53. The number of sulfone groups is 1. The SMILES string of the molecule is O=S1(=O)C2CCCC1CC(O)(c1ccc(OCc3ccccc3)cc1)C2. The molecule has 1 N–H and O–H groups in total. The zero-order valence-corrected chi connectivity index (χ0v) is 15.5. The van der Waals surface area contributed by atoms with Gasteiger partial charge >= 0.3 is 0 Å². The number of rotatable bonds is 4. The summed E-state index contributed by atoms with van der Waals surface area (Å²) in [6.07, 6.45) is 2.88. The molecule has 2 aliphatic heterocycles. The van der Waals surface area contributed by atoms with Crippen molar-refractivity contribution in [2.75, 3.05) is 0 Å². The summed E-state index contributed by atoms with van der Waals surface area (Å²) in [6, 6.07) is 17.4. The van der Waals surface area contributed by atoms with Crippen LogP contribution in [0.3, 0.4) is 0 Å². The Bertz CT molecular complexity index is 839. The molecule has 2 aromatic rings. The first-order chi connectivity index (χ1) is 12.5. The third kappa shape index (κ3) is 3.26. The van der Waals surface area contributed by atoms with E-state index in [2.05, 4.69) is 0 Å². The standard InChI is InChI=1S/C21H24O4S/c22-21(13-19-7-4-8-20(14-21)26(19,23)24)17-9-11-18(12-10-17)25-15-16-5-2-1-3-6-16/h1-3,5-6,9-12,19-20,22H,4,7-8,13-15H2. The molecule has 26 heavy (non-hydrogen) atoms. The van der Waals surface area contributed by atoms with Gasteiger partial charge in [0.05, 0.1) is 16.1 Å². The molecule has 0 spiro atoms. The number of hydrogen-bond acceptors (Lipinski definition) is 4. The molecule has 2 atom stereocenters. The van der Waals surface area contributed by atoms with Gasteiger partial charge in [0.25, 0.3) is 0 Å². The van der Waals surface area contributed by atoms with E-state index in [-0.39, 0.29) is 0 Å². The number of benzene rings is 2. The summed E-state index contributed by atoms with van der Waals surface area (Å²) in [6.45, 7) is 0.493. The van der Waals surface area contributed by atoms with Crippen molar-refractivity contribution in [3.05, 3.63) is 65.7 Å². The Morgan fingerprint density at radius 2 is 1.58 bits per heavy atom. The zero-order chi connectivity index (χ0) is 18.2. The zero-order valence-electron chi connectivity index (χ0n) is 14.7. The van der Waals surface area contributed by atoms with E-state index in [9.17, 15) is 13.5 Å². The number of fused-ring (bicyclic) bond motifs is 2. The van der Waals surface area contributed by atoms with Crippen molar-refractivity contribution in [2.45, 2.75) is 54.8 Å². The van der Waals surface area contributed by atoms with Crippen LogP contribution in [0.2, 0.25) is 0 Å². The fraction of sp³-hybridized carbons (Fsp3) is 0.429. The van der Waals surface area contributed by atoms with E-state index in [1.165, 1.54) is 0 Å². The fourth-order valence-electron chi connectivity index (χ4n) is 4.28. The summed E-state index contributed by atoms with van der Waals surface area (Å²) < 4.78 is 30.7. The van der Waals surface area contributed by atoms with Gasteiger partial charge in [0.2, 0.25) is 0 Å². The van der Waals surface area contributed by atoms with Crippen molar-refractivity contribution < 1.29 is 18.3 Å². The lowest BCUT2D eigenvalue weighted by molar-refractivity contribution is 0.00497. The van der Waals surface area contributed by atoms with E-state index in [1.54, 1.807) is 0 Å². The Morgan fingerprint density at radius 1 is 0.962 bits per heavy atom. The van der Waals surface area contributed by atoms with Gasteiger partial charge in [-0.05, 0) is 48.9 Å². The third-order valence-corrected chi connectivity index (χ3v) is 8.42. The van der Waals surface area contributed by atoms with Crippen LogP contribution in [0, 0.1) is 0 Å². The minimum absolute atomic E-state index is 0.302. The number of ether oxygens (including phenoxy) is 1. The van der Waals surface area contributed by atoms with Crippen LogP contribution in [-0.2, 0) is 22.0 Å². The first-order valence-electron chi connectivity index (χ1n) is 9.20. The van der Waals surface area contributed by atoms with Crippen LogP contribution in [-0.4, -0.2) is 24.0 Å². The maximum Gasteiger partial charge on any atom is 0.156 e. The molecular formula is C21H24O4S. The summed E-state index contributed by atoms with van der Waals surface area (Å²) in [7, 11) is -3.08. The van der Waals surface area contributed by atoms with Crippen molar-refractivity contribution in [3.8, 4) is 5.75 Å². The summed E-state index contributed by atoms with van der Waals surface area (Å²) >= 11 is 0. The lowest BCUT2D eigenvalue weighted by Gasteiger charge is -2.44. The Hall–Kier alpha value is -1.85. The van der Waals surface area contributed by atoms with Gasteiger partial charge in [0.15, 0.2) is 9.84 Å². The molecule has 0 aliphatic carbocycles. The van der Waals surface area contributed by atoms with Crippen molar-refractivity contribution in [1.82, 2.24) is 0 Å². The highest BCUT2D eigenvalue weighted by Crippen LogP contribution is 2.46. The number of hydrogen-bond donors (Lipinski definition) is 1. The largest absolute Gasteiger partial charge is 0.489 e. The molecule has 2 aliphatic rings. The second kappa shape index (κ2) is 6.71. The molecule has 2 bridgehead atoms. The van der Waals surface area contributed by atoms with E-state index in [4.69, 9.17) is 4.74 Å². The first-order valence-corrected chi connectivity index (χ1v) is 10.8. The quantitative estimate of drug-likeness (QED) is 0.891. The Morgan fingerprint density at radius 3 is 2.19 bits per heavy atom. The first kappa shape index (κ1) is 17.6. The van der Waals surface area contributed by atoms with Crippen LogP contribution < -0.4 is 4.74 Å². The van der Waals surface area contributed by atoms with Gasteiger partial charge in [-0.3, -0.25) is 0 Å². The van der Waals surface area contributed by atoms with Gasteiger partial charge in [-0.25, -0.2) is 8.42 Å². The molecule has 2 saturated heterocycles. The molecule has 4 rings (SSSR count). The molecule has 0 aromatic heterocycles. The Labute approximate surface area is 154 Å². The topological polar surface area (TPSA) is 63.6 Å². The maximum atomic E-state index is 12.5. The summed E-state index contributed by atoms with van der Waals surface area (Å²) in [4.78, 5) is 0. The lowest BCUT2D eigenvalue weighted by atomic mass is 9.80. The van der Waals surface area contributed by atoms with Gasteiger partial charge in [0.1, 0.15) is 12.4 Å². The van der Waals surface area contributed by atoms with E-state index in [0.29, 0.717) is 32.3 Å². The van der Waals surface area contributed by atoms with E-state index < -0.39 is 25.9 Å². The smallest absolute Gasteiger partial charge is 0.156 e. The van der Waals surface area contributed by atoms with Crippen molar-refractivity contribution in [1.29, 1.82) is 0 Å². The molecule has 0 amide bonds. The Balaban J connectivity index is 1.48. The van der Waals surface area contributed by atoms with Crippen LogP contribution in [0.1, 0.15) is 43.2 Å². The van der Waals surface area contributed by atoms with Gasteiger partial charge in [-0.15, -0.1) is 0 Å². The molecule has 4 nitrogen and oxygen atoms in total. The average molecular weight is 372 g/mol.